The zero-order valence-corrected chi connectivity index (χ0v) is 10.5. The normalized spacial score (nSPS) is 14.5. The van der Waals surface area contributed by atoms with Gasteiger partial charge in [-0.05, 0) is 37.8 Å². The number of hydrogen-bond acceptors (Lipinski definition) is 3. The highest BCUT2D eigenvalue weighted by molar-refractivity contribution is 5.27. The van der Waals surface area contributed by atoms with Crippen LogP contribution in [0.4, 0.5) is 0 Å². The van der Waals surface area contributed by atoms with E-state index < -0.39 is 0 Å². The van der Waals surface area contributed by atoms with E-state index in [-0.39, 0.29) is 0 Å². The van der Waals surface area contributed by atoms with Crippen molar-refractivity contribution in [3.8, 4) is 11.6 Å². The maximum atomic E-state index is 5.75. The van der Waals surface area contributed by atoms with Gasteiger partial charge in [0.1, 0.15) is 11.6 Å². The maximum absolute atomic E-state index is 5.75. The molecule has 0 unspecified atom stereocenters. The molecule has 3 nitrogen and oxygen atoms in total. The van der Waals surface area contributed by atoms with Crippen LogP contribution in [-0.2, 0) is 6.42 Å². The molecule has 3 heteroatoms. The van der Waals surface area contributed by atoms with Gasteiger partial charge >= 0.3 is 0 Å². The monoisotopic (exact) mass is 240 g/mol. The first-order valence-electron chi connectivity index (χ1n) is 6.37. The molecule has 1 heterocycles. The summed E-state index contributed by atoms with van der Waals surface area (Å²) in [6, 6.07) is 11.6. The lowest BCUT2D eigenvalue weighted by Gasteiger charge is -2.07. The zero-order valence-electron chi connectivity index (χ0n) is 10.5. The number of aromatic nitrogens is 2. The highest BCUT2D eigenvalue weighted by Gasteiger charge is 2.23. The average Bonchev–Trinajstić information content (AvgIpc) is 3.13. The Labute approximate surface area is 107 Å². The Bertz CT molecular complexity index is 535. The quantitative estimate of drug-likeness (QED) is 0.820. The van der Waals surface area contributed by atoms with Crippen LogP contribution in [0.15, 0.2) is 36.4 Å². The maximum Gasteiger partial charge on any atom is 0.222 e. The van der Waals surface area contributed by atoms with Crippen LogP contribution in [0.3, 0.4) is 0 Å². The number of ether oxygens (including phenoxy) is 1. The Morgan fingerprint density at radius 3 is 2.67 bits per heavy atom. The highest BCUT2D eigenvalue weighted by atomic mass is 16.5. The van der Waals surface area contributed by atoms with Gasteiger partial charge in [-0.2, -0.15) is 4.98 Å². The van der Waals surface area contributed by atoms with Crippen LogP contribution in [0.1, 0.15) is 24.4 Å². The van der Waals surface area contributed by atoms with Crippen LogP contribution >= 0.6 is 0 Å². The molecule has 0 saturated heterocycles. The van der Waals surface area contributed by atoms with Crippen molar-refractivity contribution in [3.05, 3.63) is 47.9 Å². The summed E-state index contributed by atoms with van der Waals surface area (Å²) < 4.78 is 5.75. The molecule has 0 spiro atoms. The third-order valence-corrected chi connectivity index (χ3v) is 3.01. The molecule has 1 aromatic carbocycles. The molecule has 0 N–H and O–H groups in total. The second kappa shape index (κ2) is 4.77. The van der Waals surface area contributed by atoms with Crippen molar-refractivity contribution in [2.75, 3.05) is 0 Å². The average molecular weight is 240 g/mol. The largest absolute Gasteiger partial charge is 0.439 e. The van der Waals surface area contributed by atoms with Gasteiger partial charge < -0.3 is 4.74 Å². The van der Waals surface area contributed by atoms with Gasteiger partial charge in [-0.25, -0.2) is 4.98 Å². The van der Waals surface area contributed by atoms with E-state index in [0.29, 0.717) is 5.88 Å². The summed E-state index contributed by atoms with van der Waals surface area (Å²) >= 11 is 0. The van der Waals surface area contributed by atoms with E-state index in [1.807, 2.05) is 43.3 Å². The molecule has 1 fully saturated rings. The van der Waals surface area contributed by atoms with E-state index in [0.717, 1.165) is 29.6 Å². The van der Waals surface area contributed by atoms with E-state index in [2.05, 4.69) is 9.97 Å². The van der Waals surface area contributed by atoms with E-state index in [1.54, 1.807) is 0 Å². The first-order chi connectivity index (χ1) is 8.79. The molecule has 3 rings (SSSR count). The number of hydrogen-bond donors (Lipinski definition) is 0. The van der Waals surface area contributed by atoms with Gasteiger partial charge in [0.05, 0.1) is 0 Å². The number of para-hydroxylation sites is 1. The molecule has 1 aromatic heterocycles. The molecular formula is C15H16N2O. The van der Waals surface area contributed by atoms with Crippen LogP contribution in [0.25, 0.3) is 0 Å². The van der Waals surface area contributed by atoms with Crippen molar-refractivity contribution in [3.63, 3.8) is 0 Å². The van der Waals surface area contributed by atoms with Crippen molar-refractivity contribution in [2.24, 2.45) is 5.92 Å². The topological polar surface area (TPSA) is 35.0 Å². The predicted octanol–water partition coefficient (Wildman–Crippen LogP) is 3.53. The van der Waals surface area contributed by atoms with Crippen LogP contribution in [0.2, 0.25) is 0 Å². The first kappa shape index (κ1) is 11.2. The second-order valence-electron chi connectivity index (χ2n) is 4.83. The Morgan fingerprint density at radius 2 is 1.94 bits per heavy atom. The van der Waals surface area contributed by atoms with Crippen LogP contribution in [0.5, 0.6) is 11.6 Å². The fraction of sp³-hybridized carbons (Fsp3) is 0.333. The minimum Gasteiger partial charge on any atom is -0.439 e. The summed E-state index contributed by atoms with van der Waals surface area (Å²) in [6.45, 7) is 1.98. The predicted molar refractivity (Wildman–Crippen MR) is 69.7 cm³/mol. The minimum atomic E-state index is 0.643. The van der Waals surface area contributed by atoms with Crippen LogP contribution < -0.4 is 4.74 Å². The molecule has 2 aromatic rings. The second-order valence-corrected chi connectivity index (χ2v) is 4.83. The van der Waals surface area contributed by atoms with Gasteiger partial charge in [-0.1, -0.05) is 18.2 Å². The molecular weight excluding hydrogens is 224 g/mol. The summed E-state index contributed by atoms with van der Waals surface area (Å²) in [5.41, 5.74) is 0.964. The SMILES string of the molecule is Cc1cc(Oc2ccccc2)nc(CC2CC2)n1. The Balaban J connectivity index is 1.80. The molecule has 0 atom stereocenters. The first-order valence-corrected chi connectivity index (χ1v) is 6.37. The summed E-state index contributed by atoms with van der Waals surface area (Å²) in [6.07, 6.45) is 3.60. The van der Waals surface area contributed by atoms with Crippen molar-refractivity contribution >= 4 is 0 Å². The third kappa shape index (κ3) is 2.86. The molecule has 0 bridgehead atoms. The van der Waals surface area contributed by atoms with Gasteiger partial charge in [0.25, 0.3) is 0 Å². The van der Waals surface area contributed by atoms with E-state index in [1.165, 1.54) is 12.8 Å². The van der Waals surface area contributed by atoms with Crippen molar-refractivity contribution in [1.29, 1.82) is 0 Å². The molecule has 1 aliphatic rings. The standard InChI is InChI=1S/C15H16N2O/c1-11-9-15(18-13-5-3-2-4-6-13)17-14(16-11)10-12-7-8-12/h2-6,9,12H,7-8,10H2,1H3. The summed E-state index contributed by atoms with van der Waals surface area (Å²) in [5.74, 6) is 3.15. The van der Waals surface area contributed by atoms with E-state index in [9.17, 15) is 0 Å². The lowest BCUT2D eigenvalue weighted by atomic mass is 10.2. The third-order valence-electron chi connectivity index (χ3n) is 3.01. The Kier molecular flexibility index (Phi) is 2.97. The molecule has 0 aliphatic heterocycles. The smallest absolute Gasteiger partial charge is 0.222 e. The van der Waals surface area contributed by atoms with Gasteiger partial charge in [0.15, 0.2) is 0 Å². The van der Waals surface area contributed by atoms with Crippen molar-refractivity contribution < 1.29 is 4.74 Å². The lowest BCUT2D eigenvalue weighted by molar-refractivity contribution is 0.457. The van der Waals surface area contributed by atoms with Gasteiger partial charge in [0.2, 0.25) is 5.88 Å². The number of benzene rings is 1. The summed E-state index contributed by atoms with van der Waals surface area (Å²) in [7, 11) is 0. The van der Waals surface area contributed by atoms with E-state index in [4.69, 9.17) is 4.74 Å². The van der Waals surface area contributed by atoms with Crippen molar-refractivity contribution in [2.45, 2.75) is 26.2 Å². The van der Waals surface area contributed by atoms with Crippen LogP contribution in [0, 0.1) is 12.8 Å². The lowest BCUT2D eigenvalue weighted by Crippen LogP contribution is -2.00. The van der Waals surface area contributed by atoms with E-state index >= 15 is 0 Å². The summed E-state index contributed by atoms with van der Waals surface area (Å²) in [5, 5.41) is 0. The van der Waals surface area contributed by atoms with Gasteiger partial charge in [-0.3, -0.25) is 0 Å². The molecule has 0 radical (unpaired) electrons. The number of nitrogens with zero attached hydrogens (tertiary/aromatic N) is 2. The molecule has 18 heavy (non-hydrogen) atoms. The molecule has 1 saturated carbocycles. The van der Waals surface area contributed by atoms with Gasteiger partial charge in [-0.15, -0.1) is 0 Å². The molecule has 0 amide bonds. The highest BCUT2D eigenvalue weighted by Crippen LogP contribution is 2.32. The molecule has 92 valence electrons. The Hall–Kier alpha value is -1.90. The van der Waals surface area contributed by atoms with Gasteiger partial charge in [0, 0.05) is 18.2 Å². The fourth-order valence-electron chi connectivity index (χ4n) is 1.93. The fourth-order valence-corrected chi connectivity index (χ4v) is 1.93. The number of rotatable bonds is 4. The van der Waals surface area contributed by atoms with Crippen molar-refractivity contribution in [1.82, 2.24) is 9.97 Å². The minimum absolute atomic E-state index is 0.643. The summed E-state index contributed by atoms with van der Waals surface area (Å²) in [4.78, 5) is 8.94. The zero-order chi connectivity index (χ0) is 12.4. The Morgan fingerprint density at radius 1 is 1.17 bits per heavy atom. The molecule has 1 aliphatic carbocycles. The number of aryl methyl sites for hydroxylation is 1. The van der Waals surface area contributed by atoms with Crippen LogP contribution in [-0.4, -0.2) is 9.97 Å².